The summed E-state index contributed by atoms with van der Waals surface area (Å²) >= 11 is 6.05. The van der Waals surface area contributed by atoms with E-state index in [9.17, 15) is 5.11 Å². The van der Waals surface area contributed by atoms with Crippen molar-refractivity contribution in [3.63, 3.8) is 0 Å². The number of ether oxygens (including phenoxy) is 1. The average molecular weight is 334 g/mol. The third-order valence-electron chi connectivity index (χ3n) is 3.21. The zero-order chi connectivity index (χ0) is 16.7. The first-order chi connectivity index (χ1) is 11.1. The van der Waals surface area contributed by atoms with E-state index in [1.807, 2.05) is 30.3 Å². The molecule has 0 radical (unpaired) electrons. The molecule has 0 aromatic heterocycles. The predicted molar refractivity (Wildman–Crippen MR) is 94.3 cm³/mol. The van der Waals surface area contributed by atoms with Crippen molar-refractivity contribution in [2.75, 3.05) is 19.0 Å². The Hall–Kier alpha value is -2.24. The van der Waals surface area contributed by atoms with Crippen LogP contribution < -0.4 is 15.8 Å². The number of guanidine groups is 1. The van der Waals surface area contributed by atoms with Crippen LogP contribution in [0.3, 0.4) is 0 Å². The van der Waals surface area contributed by atoms with Crippen molar-refractivity contribution in [3.05, 3.63) is 59.1 Å². The molecule has 0 heterocycles. The number of aliphatic hydroxyl groups is 1. The molecule has 0 aliphatic carbocycles. The third-order valence-corrected chi connectivity index (χ3v) is 3.51. The molecule has 2 aromatic rings. The van der Waals surface area contributed by atoms with Gasteiger partial charge in [-0.2, -0.15) is 0 Å². The number of hydrogen-bond donors (Lipinski definition) is 3. The number of halogens is 1. The van der Waals surface area contributed by atoms with Crippen LogP contribution in [0.4, 0.5) is 5.69 Å². The van der Waals surface area contributed by atoms with Crippen LogP contribution in [0.15, 0.2) is 53.5 Å². The number of rotatable bonds is 6. The summed E-state index contributed by atoms with van der Waals surface area (Å²) in [5, 5.41) is 13.4. The monoisotopic (exact) mass is 333 g/mol. The second kappa shape index (κ2) is 8.41. The molecule has 6 heteroatoms. The van der Waals surface area contributed by atoms with Crippen LogP contribution in [0.25, 0.3) is 0 Å². The van der Waals surface area contributed by atoms with Gasteiger partial charge in [0.25, 0.3) is 0 Å². The molecule has 0 amide bonds. The Morgan fingerprint density at radius 2 is 2.04 bits per heavy atom. The van der Waals surface area contributed by atoms with Crippen LogP contribution >= 0.6 is 11.6 Å². The van der Waals surface area contributed by atoms with Crippen LogP contribution in [-0.4, -0.2) is 30.8 Å². The first kappa shape index (κ1) is 17.1. The molecular weight excluding hydrogens is 314 g/mol. The van der Waals surface area contributed by atoms with Crippen molar-refractivity contribution in [2.24, 2.45) is 10.7 Å². The molecule has 5 nitrogen and oxygen atoms in total. The number of methoxy groups -OCH3 is 1. The third kappa shape index (κ3) is 5.47. The van der Waals surface area contributed by atoms with Gasteiger partial charge in [-0.15, -0.1) is 0 Å². The minimum Gasteiger partial charge on any atom is -0.495 e. The van der Waals surface area contributed by atoms with Crippen molar-refractivity contribution < 1.29 is 9.84 Å². The number of nitrogens with two attached hydrogens (primary N) is 1. The summed E-state index contributed by atoms with van der Waals surface area (Å²) in [6, 6.07) is 15.0. The van der Waals surface area contributed by atoms with Gasteiger partial charge in [0.05, 0.1) is 24.8 Å². The van der Waals surface area contributed by atoms with Crippen LogP contribution in [-0.2, 0) is 6.42 Å². The maximum Gasteiger partial charge on any atom is 0.193 e. The van der Waals surface area contributed by atoms with E-state index in [4.69, 9.17) is 22.1 Å². The number of nitrogens with zero attached hydrogens (tertiary/aromatic N) is 1. The SMILES string of the molecule is COc1ccc(NC(N)=NCC(O)Cc2ccccc2)cc1Cl. The van der Waals surface area contributed by atoms with E-state index < -0.39 is 6.10 Å². The minimum absolute atomic E-state index is 0.220. The molecule has 2 rings (SSSR count). The number of aliphatic hydroxyl groups excluding tert-OH is 1. The Morgan fingerprint density at radius 1 is 1.30 bits per heavy atom. The highest BCUT2D eigenvalue weighted by Gasteiger charge is 2.06. The van der Waals surface area contributed by atoms with Gasteiger partial charge >= 0.3 is 0 Å². The number of aliphatic imine (C=N–C) groups is 1. The molecule has 0 spiro atoms. The molecule has 1 unspecified atom stereocenters. The van der Waals surface area contributed by atoms with Gasteiger partial charge in [-0.05, 0) is 23.8 Å². The van der Waals surface area contributed by atoms with Gasteiger partial charge in [-0.25, -0.2) is 0 Å². The average Bonchev–Trinajstić information content (AvgIpc) is 2.54. The molecule has 0 saturated carbocycles. The molecule has 23 heavy (non-hydrogen) atoms. The van der Waals surface area contributed by atoms with Gasteiger partial charge in [0.15, 0.2) is 5.96 Å². The summed E-state index contributed by atoms with van der Waals surface area (Å²) in [5.41, 5.74) is 7.58. The van der Waals surface area contributed by atoms with Gasteiger partial charge in [0.2, 0.25) is 0 Å². The normalized spacial score (nSPS) is 12.7. The van der Waals surface area contributed by atoms with Gasteiger partial charge in [-0.1, -0.05) is 41.9 Å². The number of nitrogens with one attached hydrogen (secondary N) is 1. The fraction of sp³-hybridized carbons (Fsp3) is 0.235. The van der Waals surface area contributed by atoms with Crippen molar-refractivity contribution in [2.45, 2.75) is 12.5 Å². The Balaban J connectivity index is 1.88. The lowest BCUT2D eigenvalue weighted by molar-refractivity contribution is 0.184. The maximum atomic E-state index is 10.0. The summed E-state index contributed by atoms with van der Waals surface area (Å²) in [5.74, 6) is 0.810. The number of anilines is 1. The van der Waals surface area contributed by atoms with E-state index in [1.165, 1.54) is 0 Å². The minimum atomic E-state index is -0.586. The Bertz CT molecular complexity index is 662. The zero-order valence-corrected chi connectivity index (χ0v) is 13.6. The standard InChI is InChI=1S/C17H20ClN3O2/c1-23-16-8-7-13(10-15(16)18)21-17(19)20-11-14(22)9-12-5-3-2-4-6-12/h2-8,10,14,22H,9,11H2,1H3,(H3,19,20,21). The van der Waals surface area contributed by atoms with Crippen molar-refractivity contribution in [1.29, 1.82) is 0 Å². The summed E-state index contributed by atoms with van der Waals surface area (Å²) < 4.78 is 5.09. The van der Waals surface area contributed by atoms with Crippen molar-refractivity contribution in [1.82, 2.24) is 0 Å². The summed E-state index contributed by atoms with van der Waals surface area (Å²) in [7, 11) is 1.55. The topological polar surface area (TPSA) is 79.9 Å². The highest BCUT2D eigenvalue weighted by atomic mass is 35.5. The lowest BCUT2D eigenvalue weighted by atomic mass is 10.1. The van der Waals surface area contributed by atoms with E-state index >= 15 is 0 Å². The molecule has 0 aliphatic rings. The molecule has 0 aliphatic heterocycles. The second-order valence-electron chi connectivity index (χ2n) is 5.04. The van der Waals surface area contributed by atoms with Gasteiger partial charge < -0.3 is 20.9 Å². The first-order valence-corrected chi connectivity index (χ1v) is 7.58. The highest BCUT2D eigenvalue weighted by Crippen LogP contribution is 2.26. The van der Waals surface area contributed by atoms with E-state index in [2.05, 4.69) is 10.3 Å². The summed E-state index contributed by atoms with van der Waals surface area (Å²) in [4.78, 5) is 4.15. The first-order valence-electron chi connectivity index (χ1n) is 7.21. The Kier molecular flexibility index (Phi) is 6.26. The highest BCUT2D eigenvalue weighted by molar-refractivity contribution is 6.32. The molecular formula is C17H20ClN3O2. The fourth-order valence-corrected chi connectivity index (χ4v) is 2.34. The van der Waals surface area contributed by atoms with Gasteiger partial charge in [-0.3, -0.25) is 4.99 Å². The van der Waals surface area contributed by atoms with E-state index in [0.717, 1.165) is 5.56 Å². The molecule has 0 fully saturated rings. The number of benzene rings is 2. The van der Waals surface area contributed by atoms with E-state index in [0.29, 0.717) is 22.9 Å². The summed E-state index contributed by atoms with van der Waals surface area (Å²) in [6.07, 6.45) is -0.0522. The fourth-order valence-electron chi connectivity index (χ4n) is 2.09. The van der Waals surface area contributed by atoms with Gasteiger partial charge in [0.1, 0.15) is 5.75 Å². The quantitative estimate of drug-likeness (QED) is 0.561. The second-order valence-corrected chi connectivity index (χ2v) is 5.45. The van der Waals surface area contributed by atoms with E-state index in [-0.39, 0.29) is 12.5 Å². The van der Waals surface area contributed by atoms with E-state index in [1.54, 1.807) is 25.3 Å². The van der Waals surface area contributed by atoms with Crippen molar-refractivity contribution >= 4 is 23.2 Å². The molecule has 4 N–H and O–H groups in total. The van der Waals surface area contributed by atoms with Crippen LogP contribution in [0.1, 0.15) is 5.56 Å². The number of hydrogen-bond acceptors (Lipinski definition) is 3. The largest absolute Gasteiger partial charge is 0.495 e. The van der Waals surface area contributed by atoms with Gasteiger partial charge in [0, 0.05) is 12.1 Å². The molecule has 0 saturated heterocycles. The smallest absolute Gasteiger partial charge is 0.193 e. The lowest BCUT2D eigenvalue weighted by Crippen LogP contribution is -2.25. The van der Waals surface area contributed by atoms with Crippen LogP contribution in [0.2, 0.25) is 5.02 Å². The molecule has 122 valence electrons. The summed E-state index contributed by atoms with van der Waals surface area (Å²) in [6.45, 7) is 0.220. The maximum absolute atomic E-state index is 10.0. The predicted octanol–water partition coefficient (Wildman–Crippen LogP) is 2.68. The Morgan fingerprint density at radius 3 is 2.70 bits per heavy atom. The molecule has 1 atom stereocenters. The molecule has 2 aromatic carbocycles. The lowest BCUT2D eigenvalue weighted by Gasteiger charge is -2.10. The van der Waals surface area contributed by atoms with Crippen LogP contribution in [0.5, 0.6) is 5.75 Å². The molecule has 0 bridgehead atoms. The van der Waals surface area contributed by atoms with Crippen molar-refractivity contribution in [3.8, 4) is 5.75 Å². The van der Waals surface area contributed by atoms with Crippen LogP contribution in [0, 0.1) is 0 Å². The zero-order valence-electron chi connectivity index (χ0n) is 12.9. The Labute approximate surface area is 140 Å².